The maximum absolute atomic E-state index is 12.4. The van der Waals surface area contributed by atoms with Crippen LogP contribution in [-0.4, -0.2) is 25.5 Å². The molecule has 0 aliphatic carbocycles. The van der Waals surface area contributed by atoms with E-state index in [9.17, 15) is 9.59 Å². The molecule has 0 saturated heterocycles. The number of para-hydroxylation sites is 1. The summed E-state index contributed by atoms with van der Waals surface area (Å²) in [5.41, 5.74) is 5.62. The minimum atomic E-state index is -0.567. The van der Waals surface area contributed by atoms with Crippen molar-refractivity contribution in [3.8, 4) is 5.75 Å². The number of aryl methyl sites for hydroxylation is 1. The Kier molecular flexibility index (Phi) is 6.34. The van der Waals surface area contributed by atoms with Crippen LogP contribution in [0.1, 0.15) is 38.2 Å². The third-order valence-corrected chi connectivity index (χ3v) is 4.67. The standard InChI is InChI=1S/C22H24O4/c1-14-12-19(17(4)16(3)15(14)2)20(23)13-26-22(24)11-10-18-8-6-7-9-21(18)25-5/h6-12H,13H2,1-5H3/b11-10+. The van der Waals surface area contributed by atoms with Crippen LogP contribution in [0.4, 0.5) is 0 Å². The smallest absolute Gasteiger partial charge is 0.331 e. The van der Waals surface area contributed by atoms with Crippen molar-refractivity contribution in [1.82, 2.24) is 0 Å². The Bertz CT molecular complexity index is 863. The van der Waals surface area contributed by atoms with Gasteiger partial charge in [-0.2, -0.15) is 0 Å². The van der Waals surface area contributed by atoms with E-state index in [1.807, 2.05) is 52.0 Å². The van der Waals surface area contributed by atoms with Crippen LogP contribution < -0.4 is 4.74 Å². The first-order chi connectivity index (χ1) is 12.3. The molecular formula is C22H24O4. The lowest BCUT2D eigenvalue weighted by Gasteiger charge is -2.13. The molecular weight excluding hydrogens is 328 g/mol. The van der Waals surface area contributed by atoms with E-state index in [1.165, 1.54) is 11.6 Å². The van der Waals surface area contributed by atoms with Crippen molar-refractivity contribution in [3.05, 3.63) is 69.8 Å². The Morgan fingerprint density at radius 1 is 1.00 bits per heavy atom. The molecule has 136 valence electrons. The summed E-state index contributed by atoms with van der Waals surface area (Å²) >= 11 is 0. The summed E-state index contributed by atoms with van der Waals surface area (Å²) < 4.78 is 10.3. The minimum Gasteiger partial charge on any atom is -0.496 e. The fourth-order valence-electron chi connectivity index (χ4n) is 2.73. The lowest BCUT2D eigenvalue weighted by molar-refractivity contribution is -0.136. The molecule has 4 nitrogen and oxygen atoms in total. The van der Waals surface area contributed by atoms with Crippen molar-refractivity contribution >= 4 is 17.8 Å². The summed E-state index contributed by atoms with van der Waals surface area (Å²) in [6.45, 7) is 7.64. The number of benzene rings is 2. The topological polar surface area (TPSA) is 52.6 Å². The predicted octanol–water partition coefficient (Wildman–Crippen LogP) is 4.37. The molecule has 2 aromatic carbocycles. The molecule has 0 fully saturated rings. The number of carbonyl (C=O) groups excluding carboxylic acids is 2. The van der Waals surface area contributed by atoms with Gasteiger partial charge in [-0.05, 0) is 68.2 Å². The number of rotatable bonds is 6. The van der Waals surface area contributed by atoms with Gasteiger partial charge in [-0.1, -0.05) is 18.2 Å². The van der Waals surface area contributed by atoms with Crippen LogP contribution in [0, 0.1) is 27.7 Å². The highest BCUT2D eigenvalue weighted by Gasteiger charge is 2.15. The van der Waals surface area contributed by atoms with Crippen LogP contribution >= 0.6 is 0 Å². The van der Waals surface area contributed by atoms with E-state index in [1.54, 1.807) is 19.3 Å². The average Bonchev–Trinajstić information content (AvgIpc) is 2.65. The Labute approximate surface area is 154 Å². The van der Waals surface area contributed by atoms with Crippen LogP contribution in [-0.2, 0) is 9.53 Å². The van der Waals surface area contributed by atoms with Gasteiger partial charge in [-0.25, -0.2) is 4.79 Å². The molecule has 0 unspecified atom stereocenters. The molecule has 0 N–H and O–H groups in total. The number of ether oxygens (including phenoxy) is 2. The predicted molar refractivity (Wildman–Crippen MR) is 103 cm³/mol. The summed E-state index contributed by atoms with van der Waals surface area (Å²) in [6.07, 6.45) is 2.90. The molecule has 0 aliphatic heterocycles. The molecule has 0 spiro atoms. The van der Waals surface area contributed by atoms with Crippen molar-refractivity contribution < 1.29 is 19.1 Å². The van der Waals surface area contributed by atoms with E-state index in [0.29, 0.717) is 11.3 Å². The second-order valence-corrected chi connectivity index (χ2v) is 6.22. The monoisotopic (exact) mass is 352 g/mol. The van der Waals surface area contributed by atoms with Gasteiger partial charge in [0.2, 0.25) is 5.78 Å². The van der Waals surface area contributed by atoms with Crippen LogP contribution in [0.5, 0.6) is 5.75 Å². The summed E-state index contributed by atoms with van der Waals surface area (Å²) in [7, 11) is 1.57. The van der Waals surface area contributed by atoms with Gasteiger partial charge in [0.25, 0.3) is 0 Å². The Morgan fingerprint density at radius 2 is 1.69 bits per heavy atom. The first-order valence-corrected chi connectivity index (χ1v) is 8.43. The van der Waals surface area contributed by atoms with Crippen LogP contribution in [0.3, 0.4) is 0 Å². The van der Waals surface area contributed by atoms with Gasteiger partial charge >= 0.3 is 5.97 Å². The molecule has 2 aromatic rings. The number of carbonyl (C=O) groups is 2. The Morgan fingerprint density at radius 3 is 2.38 bits per heavy atom. The highest BCUT2D eigenvalue weighted by molar-refractivity contribution is 6.00. The van der Waals surface area contributed by atoms with Crippen LogP contribution in [0.2, 0.25) is 0 Å². The van der Waals surface area contributed by atoms with E-state index < -0.39 is 5.97 Å². The first-order valence-electron chi connectivity index (χ1n) is 8.43. The van der Waals surface area contributed by atoms with Gasteiger partial charge in [0.1, 0.15) is 5.75 Å². The van der Waals surface area contributed by atoms with E-state index in [4.69, 9.17) is 9.47 Å². The average molecular weight is 352 g/mol. The van der Waals surface area contributed by atoms with Gasteiger partial charge in [-0.3, -0.25) is 4.79 Å². The Balaban J connectivity index is 2.04. The zero-order chi connectivity index (χ0) is 19.3. The number of Topliss-reactive ketones (excluding diaryl/α,β-unsaturated/α-hetero) is 1. The zero-order valence-corrected chi connectivity index (χ0v) is 15.9. The number of esters is 1. The third kappa shape index (κ3) is 4.39. The van der Waals surface area contributed by atoms with Crippen molar-refractivity contribution in [3.63, 3.8) is 0 Å². The maximum atomic E-state index is 12.4. The lowest BCUT2D eigenvalue weighted by Crippen LogP contribution is -2.15. The zero-order valence-electron chi connectivity index (χ0n) is 15.9. The number of methoxy groups -OCH3 is 1. The molecule has 0 heterocycles. The van der Waals surface area contributed by atoms with E-state index >= 15 is 0 Å². The first kappa shape index (κ1) is 19.4. The molecule has 26 heavy (non-hydrogen) atoms. The second kappa shape index (κ2) is 8.48. The SMILES string of the molecule is COc1ccccc1/C=C/C(=O)OCC(=O)c1cc(C)c(C)c(C)c1C. The van der Waals surface area contributed by atoms with Gasteiger partial charge in [0.05, 0.1) is 7.11 Å². The van der Waals surface area contributed by atoms with E-state index in [-0.39, 0.29) is 12.4 Å². The largest absolute Gasteiger partial charge is 0.496 e. The molecule has 0 bridgehead atoms. The van der Waals surface area contributed by atoms with Crippen molar-refractivity contribution in [2.24, 2.45) is 0 Å². The third-order valence-electron chi connectivity index (χ3n) is 4.67. The second-order valence-electron chi connectivity index (χ2n) is 6.22. The van der Waals surface area contributed by atoms with Crippen LogP contribution in [0.15, 0.2) is 36.4 Å². The van der Waals surface area contributed by atoms with Gasteiger partial charge in [-0.15, -0.1) is 0 Å². The van der Waals surface area contributed by atoms with Gasteiger partial charge in [0, 0.05) is 17.2 Å². The molecule has 2 rings (SSSR count). The molecule has 0 aliphatic rings. The number of ketones is 1. The van der Waals surface area contributed by atoms with Crippen molar-refractivity contribution in [2.45, 2.75) is 27.7 Å². The molecule has 0 amide bonds. The fourth-order valence-corrected chi connectivity index (χ4v) is 2.73. The Hall–Kier alpha value is -2.88. The maximum Gasteiger partial charge on any atom is 0.331 e. The molecule has 0 atom stereocenters. The molecule has 4 heteroatoms. The van der Waals surface area contributed by atoms with Gasteiger partial charge < -0.3 is 9.47 Å². The van der Waals surface area contributed by atoms with Crippen LogP contribution in [0.25, 0.3) is 6.08 Å². The lowest BCUT2D eigenvalue weighted by atomic mass is 9.93. The summed E-state index contributed by atoms with van der Waals surface area (Å²) in [5, 5.41) is 0. The highest BCUT2D eigenvalue weighted by Crippen LogP contribution is 2.22. The summed E-state index contributed by atoms with van der Waals surface area (Å²) in [6, 6.07) is 9.19. The molecule has 0 radical (unpaired) electrons. The number of hydrogen-bond donors (Lipinski definition) is 0. The summed E-state index contributed by atoms with van der Waals surface area (Å²) in [4.78, 5) is 24.4. The fraction of sp³-hybridized carbons (Fsp3) is 0.273. The van der Waals surface area contributed by atoms with E-state index in [2.05, 4.69) is 0 Å². The minimum absolute atomic E-state index is 0.201. The summed E-state index contributed by atoms with van der Waals surface area (Å²) in [5.74, 6) is -0.107. The van der Waals surface area contributed by atoms with E-state index in [0.717, 1.165) is 22.3 Å². The number of hydrogen-bond acceptors (Lipinski definition) is 4. The normalized spacial score (nSPS) is 10.8. The van der Waals surface area contributed by atoms with Crippen molar-refractivity contribution in [2.75, 3.05) is 13.7 Å². The highest BCUT2D eigenvalue weighted by atomic mass is 16.5. The molecule has 0 aromatic heterocycles. The van der Waals surface area contributed by atoms with Crippen molar-refractivity contribution in [1.29, 1.82) is 0 Å². The van der Waals surface area contributed by atoms with Gasteiger partial charge in [0.15, 0.2) is 6.61 Å². The quantitative estimate of drug-likeness (QED) is 0.440. The molecule has 0 saturated carbocycles.